The van der Waals surface area contributed by atoms with Crippen molar-refractivity contribution in [3.8, 4) is 11.5 Å². The molecule has 0 bridgehead atoms. The number of hydrogen-bond acceptors (Lipinski definition) is 7. The number of Topliss-reactive ketones (excluding diaryl/α,β-unsaturated/α-hetero) is 1. The van der Waals surface area contributed by atoms with Crippen molar-refractivity contribution in [1.29, 1.82) is 0 Å². The summed E-state index contributed by atoms with van der Waals surface area (Å²) < 4.78 is 10.5. The zero-order valence-electron chi connectivity index (χ0n) is 20.4. The fourth-order valence-electron chi connectivity index (χ4n) is 3.87. The predicted octanol–water partition coefficient (Wildman–Crippen LogP) is 4.35. The van der Waals surface area contributed by atoms with Gasteiger partial charge in [0.1, 0.15) is 18.0 Å². The van der Waals surface area contributed by atoms with E-state index in [1.807, 2.05) is 0 Å². The van der Waals surface area contributed by atoms with E-state index < -0.39 is 36.0 Å². The molecule has 0 N–H and O–H groups in total. The van der Waals surface area contributed by atoms with Gasteiger partial charge in [-0.25, -0.2) is 9.80 Å². The highest BCUT2D eigenvalue weighted by atomic mass is 35.5. The van der Waals surface area contributed by atoms with E-state index in [1.54, 1.807) is 30.3 Å². The first-order valence-electron chi connectivity index (χ1n) is 11.7. The largest absolute Gasteiger partial charge is 0.497 e. The summed E-state index contributed by atoms with van der Waals surface area (Å²) in [6.07, 6.45) is 0.505. The molecule has 0 radical (unpaired) electrons. The third kappa shape index (κ3) is 5.90. The average molecular weight is 535 g/mol. The second-order valence-corrected chi connectivity index (χ2v) is 8.77. The first-order chi connectivity index (χ1) is 18.3. The average Bonchev–Trinajstić information content (AvgIpc) is 2.92. The molecule has 0 aliphatic carbocycles. The van der Waals surface area contributed by atoms with Gasteiger partial charge in [-0.3, -0.25) is 19.2 Å². The van der Waals surface area contributed by atoms with Crippen molar-refractivity contribution in [2.45, 2.75) is 19.3 Å². The van der Waals surface area contributed by atoms with Crippen LogP contribution >= 0.6 is 11.6 Å². The summed E-state index contributed by atoms with van der Waals surface area (Å²) in [5.41, 5.74) is 0.516. The minimum absolute atomic E-state index is 0.0490. The standard InChI is InChI=1S/C28H23ClN2O7/c1-37-21-7-4-6-19(16-21)28(36)38-20-14-12-18(13-15-20)24(32)17-30(31-25(33)10-5-11-26(31)34)27(35)22-8-2-3-9-23(22)29/h2-4,6-9,12-16H,5,10-11,17H2,1H3. The fraction of sp³-hybridized carbons (Fsp3) is 0.179. The summed E-state index contributed by atoms with van der Waals surface area (Å²) in [5, 5.41) is 1.69. The fourth-order valence-corrected chi connectivity index (χ4v) is 4.09. The van der Waals surface area contributed by atoms with Gasteiger partial charge in [0, 0.05) is 18.4 Å². The molecule has 1 aliphatic heterocycles. The number of halogens is 1. The van der Waals surface area contributed by atoms with Crippen LogP contribution in [-0.2, 0) is 9.59 Å². The molecule has 4 rings (SSSR count). The lowest BCUT2D eigenvalue weighted by molar-refractivity contribution is -0.162. The number of hydrazine groups is 1. The highest BCUT2D eigenvalue weighted by molar-refractivity contribution is 6.34. The number of esters is 1. The van der Waals surface area contributed by atoms with E-state index in [1.165, 1.54) is 49.6 Å². The van der Waals surface area contributed by atoms with E-state index in [9.17, 15) is 24.0 Å². The third-order valence-corrected chi connectivity index (χ3v) is 6.15. The molecule has 9 nitrogen and oxygen atoms in total. The Balaban J connectivity index is 1.53. The maximum absolute atomic E-state index is 13.4. The minimum atomic E-state index is -0.753. The third-order valence-electron chi connectivity index (χ3n) is 5.82. The van der Waals surface area contributed by atoms with Gasteiger partial charge < -0.3 is 9.47 Å². The molecule has 194 valence electrons. The number of imide groups is 1. The van der Waals surface area contributed by atoms with Crippen molar-refractivity contribution in [2.75, 3.05) is 13.7 Å². The molecule has 10 heteroatoms. The Bertz CT molecular complexity index is 1390. The molecule has 0 aromatic heterocycles. The van der Waals surface area contributed by atoms with Crippen LogP contribution in [0.2, 0.25) is 5.02 Å². The predicted molar refractivity (Wildman–Crippen MR) is 137 cm³/mol. The Hall–Kier alpha value is -4.50. The number of ketones is 1. The van der Waals surface area contributed by atoms with Crippen LogP contribution in [-0.4, -0.2) is 53.1 Å². The van der Waals surface area contributed by atoms with Gasteiger partial charge in [-0.2, -0.15) is 5.01 Å². The minimum Gasteiger partial charge on any atom is -0.497 e. The normalized spacial score (nSPS) is 13.2. The molecule has 1 aliphatic rings. The summed E-state index contributed by atoms with van der Waals surface area (Å²) in [6.45, 7) is -0.579. The van der Waals surface area contributed by atoms with Crippen LogP contribution in [0.15, 0.2) is 72.8 Å². The first-order valence-corrected chi connectivity index (χ1v) is 12.1. The zero-order chi connectivity index (χ0) is 27.2. The second-order valence-electron chi connectivity index (χ2n) is 8.36. The SMILES string of the molecule is COc1cccc(C(=O)Oc2ccc(C(=O)CN(C(=O)c3ccccc3Cl)N3C(=O)CCCC3=O)cc2)c1. The van der Waals surface area contributed by atoms with Crippen molar-refractivity contribution in [2.24, 2.45) is 0 Å². The maximum Gasteiger partial charge on any atom is 0.343 e. The zero-order valence-corrected chi connectivity index (χ0v) is 21.1. The van der Waals surface area contributed by atoms with Crippen LogP contribution < -0.4 is 9.47 Å². The van der Waals surface area contributed by atoms with Crippen LogP contribution in [0.4, 0.5) is 0 Å². The van der Waals surface area contributed by atoms with E-state index in [0.29, 0.717) is 12.2 Å². The van der Waals surface area contributed by atoms with Gasteiger partial charge in [0.05, 0.1) is 23.3 Å². The summed E-state index contributed by atoms with van der Waals surface area (Å²) in [4.78, 5) is 64.2. The Labute approximate surface area is 223 Å². The Kier molecular flexibility index (Phi) is 8.18. The molecule has 1 heterocycles. The van der Waals surface area contributed by atoms with Gasteiger partial charge in [-0.1, -0.05) is 29.8 Å². The summed E-state index contributed by atoms with van der Waals surface area (Å²) in [6, 6.07) is 18.4. The van der Waals surface area contributed by atoms with Crippen molar-refractivity contribution < 1.29 is 33.4 Å². The topological polar surface area (TPSA) is 110 Å². The summed E-state index contributed by atoms with van der Waals surface area (Å²) >= 11 is 6.18. The highest BCUT2D eigenvalue weighted by Crippen LogP contribution is 2.23. The number of hydrogen-bond donors (Lipinski definition) is 0. The lowest BCUT2D eigenvalue weighted by Crippen LogP contribution is -2.56. The number of piperidine rings is 1. The second kappa shape index (κ2) is 11.7. The van der Waals surface area contributed by atoms with Gasteiger partial charge in [0.15, 0.2) is 5.78 Å². The molecule has 0 atom stereocenters. The van der Waals surface area contributed by atoms with Gasteiger partial charge in [-0.15, -0.1) is 0 Å². The smallest absolute Gasteiger partial charge is 0.343 e. The number of amides is 3. The molecule has 0 unspecified atom stereocenters. The Morgan fingerprint density at radius 2 is 1.55 bits per heavy atom. The van der Waals surface area contributed by atoms with Crippen LogP contribution in [0.25, 0.3) is 0 Å². The number of carbonyl (C=O) groups is 5. The van der Waals surface area contributed by atoms with Crippen LogP contribution in [0.1, 0.15) is 50.3 Å². The van der Waals surface area contributed by atoms with E-state index >= 15 is 0 Å². The summed E-state index contributed by atoms with van der Waals surface area (Å²) in [5.74, 6) is -2.36. The number of methoxy groups -OCH3 is 1. The number of ether oxygens (including phenoxy) is 2. The molecule has 3 amide bonds. The molecule has 1 saturated heterocycles. The summed E-state index contributed by atoms with van der Waals surface area (Å²) in [7, 11) is 1.49. The molecule has 0 saturated carbocycles. The van der Waals surface area contributed by atoms with Gasteiger partial charge in [0.2, 0.25) is 11.8 Å². The van der Waals surface area contributed by atoms with Gasteiger partial charge >= 0.3 is 5.97 Å². The van der Waals surface area contributed by atoms with E-state index in [-0.39, 0.29) is 40.3 Å². The number of carbonyl (C=O) groups excluding carboxylic acids is 5. The Morgan fingerprint density at radius 3 is 2.21 bits per heavy atom. The lowest BCUT2D eigenvalue weighted by atomic mass is 10.1. The maximum atomic E-state index is 13.4. The Morgan fingerprint density at radius 1 is 0.868 bits per heavy atom. The van der Waals surface area contributed by atoms with Crippen molar-refractivity contribution in [3.63, 3.8) is 0 Å². The lowest BCUT2D eigenvalue weighted by Gasteiger charge is -2.35. The number of nitrogens with zero attached hydrogens (tertiary/aromatic N) is 2. The first kappa shape index (κ1) is 26.6. The molecule has 0 spiro atoms. The van der Waals surface area contributed by atoms with Crippen LogP contribution in [0.5, 0.6) is 11.5 Å². The molecular formula is C28H23ClN2O7. The molecule has 38 heavy (non-hydrogen) atoms. The molecule has 3 aromatic carbocycles. The van der Waals surface area contributed by atoms with Crippen LogP contribution in [0.3, 0.4) is 0 Å². The number of benzene rings is 3. The van der Waals surface area contributed by atoms with Crippen molar-refractivity contribution in [1.82, 2.24) is 10.0 Å². The molecule has 1 fully saturated rings. The van der Waals surface area contributed by atoms with Gasteiger partial charge in [0.25, 0.3) is 5.91 Å². The quantitative estimate of drug-likeness (QED) is 0.183. The molecular weight excluding hydrogens is 512 g/mol. The monoisotopic (exact) mass is 534 g/mol. The van der Waals surface area contributed by atoms with E-state index in [0.717, 1.165) is 10.0 Å². The molecule has 3 aromatic rings. The van der Waals surface area contributed by atoms with Crippen LogP contribution in [0, 0.1) is 0 Å². The number of rotatable bonds is 8. The van der Waals surface area contributed by atoms with E-state index in [2.05, 4.69) is 0 Å². The van der Waals surface area contributed by atoms with E-state index in [4.69, 9.17) is 21.1 Å². The van der Waals surface area contributed by atoms with Gasteiger partial charge in [-0.05, 0) is 61.0 Å². The van der Waals surface area contributed by atoms with Crippen molar-refractivity contribution >= 4 is 41.1 Å². The highest BCUT2D eigenvalue weighted by Gasteiger charge is 2.36. The van der Waals surface area contributed by atoms with Crippen molar-refractivity contribution in [3.05, 3.63) is 94.5 Å².